The molecule has 1 heterocycles. The van der Waals surface area contributed by atoms with E-state index < -0.39 is 8.15 Å². The number of nitrogens with zero attached hydrogens (tertiary/aromatic N) is 2. The summed E-state index contributed by atoms with van der Waals surface area (Å²) in [5.41, 5.74) is 3.46. The first-order chi connectivity index (χ1) is 15.4. The van der Waals surface area contributed by atoms with E-state index in [1.165, 1.54) is 6.07 Å². The van der Waals surface area contributed by atoms with Gasteiger partial charge in [0.25, 0.3) is 0 Å². The molecule has 0 saturated heterocycles. The highest BCUT2D eigenvalue weighted by atomic mass is 31.1. The Morgan fingerprint density at radius 1 is 1.12 bits per heavy atom. The number of hydrogen-bond donors (Lipinski definition) is 1. The van der Waals surface area contributed by atoms with Crippen LogP contribution in [0.25, 0.3) is 11.3 Å². The van der Waals surface area contributed by atoms with Crippen molar-refractivity contribution in [1.82, 2.24) is 9.97 Å². The van der Waals surface area contributed by atoms with E-state index in [1.54, 1.807) is 25.4 Å². The summed E-state index contributed by atoms with van der Waals surface area (Å²) < 4.78 is 25.8. The third-order valence-corrected chi connectivity index (χ3v) is 5.80. The molecule has 7 heteroatoms. The Balaban J connectivity index is 1.81. The smallest absolute Gasteiger partial charge is 0.132 e. The molecule has 0 fully saturated rings. The molecular weight excluding hydrogens is 426 g/mol. The van der Waals surface area contributed by atoms with Gasteiger partial charge < -0.3 is 14.4 Å². The van der Waals surface area contributed by atoms with Crippen LogP contribution in [0.4, 0.5) is 4.39 Å². The van der Waals surface area contributed by atoms with Crippen LogP contribution in [0.5, 0.6) is 11.5 Å². The highest BCUT2D eigenvalue weighted by molar-refractivity contribution is 7.50. The molecule has 0 saturated carbocycles. The second-order valence-electron chi connectivity index (χ2n) is 8.17. The van der Waals surface area contributed by atoms with Gasteiger partial charge in [-0.3, -0.25) is 9.97 Å². The van der Waals surface area contributed by atoms with Gasteiger partial charge in [0.1, 0.15) is 23.9 Å². The normalized spacial score (nSPS) is 12.1. The van der Waals surface area contributed by atoms with E-state index >= 15 is 0 Å². The fourth-order valence-electron chi connectivity index (χ4n) is 3.34. The highest BCUT2D eigenvalue weighted by Gasteiger charge is 2.16. The standard InChI is InChI=1S/C25H30FN2O3P/c1-17(2)12-24-25(22-14-20(30-3)8-9-23(22)26)27-15-19(28-24)16-31-21-7-5-6-18(13-21)10-11-32(4)29/h5-9,13-15,17,29H,10-12,16H2,1-4H3. The van der Waals surface area contributed by atoms with Crippen molar-refractivity contribution in [2.24, 2.45) is 5.92 Å². The number of rotatable bonds is 10. The summed E-state index contributed by atoms with van der Waals surface area (Å²) in [5.74, 6) is 1.29. The first-order valence-electron chi connectivity index (χ1n) is 10.7. The van der Waals surface area contributed by atoms with Crippen molar-refractivity contribution >= 4 is 8.15 Å². The molecule has 32 heavy (non-hydrogen) atoms. The molecule has 0 aliphatic carbocycles. The maximum atomic E-state index is 14.6. The summed E-state index contributed by atoms with van der Waals surface area (Å²) in [6, 6.07) is 12.5. The average Bonchev–Trinajstić information content (AvgIpc) is 2.77. The van der Waals surface area contributed by atoms with Gasteiger partial charge in [0.15, 0.2) is 0 Å². The van der Waals surface area contributed by atoms with Crippen LogP contribution in [0.2, 0.25) is 0 Å². The van der Waals surface area contributed by atoms with Crippen LogP contribution >= 0.6 is 8.15 Å². The zero-order valence-electron chi connectivity index (χ0n) is 19.0. The maximum absolute atomic E-state index is 14.6. The highest BCUT2D eigenvalue weighted by Crippen LogP contribution is 2.29. The first-order valence-corrected chi connectivity index (χ1v) is 12.6. The zero-order valence-corrected chi connectivity index (χ0v) is 19.9. The monoisotopic (exact) mass is 456 g/mol. The lowest BCUT2D eigenvalue weighted by atomic mass is 10.0. The Morgan fingerprint density at radius 2 is 1.94 bits per heavy atom. The molecule has 1 N–H and O–H groups in total. The van der Waals surface area contributed by atoms with Gasteiger partial charge in [-0.15, -0.1) is 0 Å². The summed E-state index contributed by atoms with van der Waals surface area (Å²) in [6.45, 7) is 6.31. The Hall–Kier alpha value is -2.56. The third kappa shape index (κ3) is 6.72. The molecular formula is C25H30FN2O3P. The summed E-state index contributed by atoms with van der Waals surface area (Å²) in [5, 5.41) is 0. The van der Waals surface area contributed by atoms with Crippen molar-refractivity contribution in [1.29, 1.82) is 0 Å². The van der Waals surface area contributed by atoms with Gasteiger partial charge >= 0.3 is 0 Å². The van der Waals surface area contributed by atoms with Crippen molar-refractivity contribution in [2.45, 2.75) is 33.3 Å². The fraction of sp³-hybridized carbons (Fsp3) is 0.360. The quantitative estimate of drug-likeness (QED) is 0.401. The lowest BCUT2D eigenvalue weighted by Crippen LogP contribution is -2.08. The third-order valence-electron chi connectivity index (χ3n) is 4.93. The molecule has 0 aliphatic heterocycles. The van der Waals surface area contributed by atoms with E-state index in [1.807, 2.05) is 30.9 Å². The number of halogens is 1. The molecule has 0 aliphatic rings. The van der Waals surface area contributed by atoms with Crippen LogP contribution in [0.3, 0.4) is 0 Å². The Kier molecular flexibility index (Phi) is 8.54. The van der Waals surface area contributed by atoms with Gasteiger partial charge in [0.05, 0.1) is 30.4 Å². The summed E-state index contributed by atoms with van der Waals surface area (Å²) >= 11 is 0. The minimum atomic E-state index is -0.911. The zero-order chi connectivity index (χ0) is 23.1. The number of ether oxygens (including phenoxy) is 2. The van der Waals surface area contributed by atoms with E-state index in [9.17, 15) is 9.28 Å². The Labute approximate surface area is 190 Å². The molecule has 1 unspecified atom stereocenters. The van der Waals surface area contributed by atoms with Gasteiger partial charge in [-0.05, 0) is 67.5 Å². The van der Waals surface area contributed by atoms with Crippen LogP contribution in [-0.2, 0) is 19.4 Å². The second kappa shape index (κ2) is 11.3. The summed E-state index contributed by atoms with van der Waals surface area (Å²) in [4.78, 5) is 18.9. The average molecular weight is 456 g/mol. The minimum Gasteiger partial charge on any atom is -0.497 e. The number of hydrogen-bond acceptors (Lipinski definition) is 5. The van der Waals surface area contributed by atoms with E-state index in [2.05, 4.69) is 18.8 Å². The molecule has 170 valence electrons. The maximum Gasteiger partial charge on any atom is 0.132 e. The Morgan fingerprint density at radius 3 is 2.66 bits per heavy atom. The molecule has 5 nitrogen and oxygen atoms in total. The van der Waals surface area contributed by atoms with Gasteiger partial charge in [-0.25, -0.2) is 4.39 Å². The largest absolute Gasteiger partial charge is 0.497 e. The summed E-state index contributed by atoms with van der Waals surface area (Å²) in [6.07, 6.45) is 3.89. The summed E-state index contributed by atoms with van der Waals surface area (Å²) in [7, 11) is 0.643. The second-order valence-corrected chi connectivity index (χ2v) is 9.93. The molecule has 0 amide bonds. The van der Waals surface area contributed by atoms with Crippen molar-refractivity contribution in [3.05, 3.63) is 71.4 Å². The van der Waals surface area contributed by atoms with Gasteiger partial charge in [-0.1, -0.05) is 26.0 Å². The molecule has 0 radical (unpaired) electrons. The van der Waals surface area contributed by atoms with Crippen LogP contribution in [0.15, 0.2) is 48.7 Å². The van der Waals surface area contributed by atoms with Crippen LogP contribution in [-0.4, -0.2) is 34.8 Å². The predicted molar refractivity (Wildman–Crippen MR) is 127 cm³/mol. The van der Waals surface area contributed by atoms with E-state index in [-0.39, 0.29) is 12.4 Å². The van der Waals surface area contributed by atoms with Crippen LogP contribution in [0.1, 0.15) is 30.8 Å². The van der Waals surface area contributed by atoms with Crippen LogP contribution < -0.4 is 9.47 Å². The Bertz CT molecular complexity index is 1040. The molecule has 3 aromatic rings. The lowest BCUT2D eigenvalue weighted by Gasteiger charge is -2.14. The van der Waals surface area contributed by atoms with E-state index in [4.69, 9.17) is 14.5 Å². The van der Waals surface area contributed by atoms with Crippen molar-refractivity contribution in [3.8, 4) is 22.8 Å². The van der Waals surface area contributed by atoms with Gasteiger partial charge in [0, 0.05) is 13.7 Å². The number of benzene rings is 2. The fourth-order valence-corrected chi connectivity index (χ4v) is 3.93. The van der Waals surface area contributed by atoms with Crippen molar-refractivity contribution in [2.75, 3.05) is 19.9 Å². The predicted octanol–water partition coefficient (Wildman–Crippen LogP) is 5.63. The van der Waals surface area contributed by atoms with Crippen LogP contribution in [0, 0.1) is 11.7 Å². The van der Waals surface area contributed by atoms with Crippen molar-refractivity contribution in [3.63, 3.8) is 0 Å². The number of methoxy groups -OCH3 is 1. The molecule has 0 spiro atoms. The van der Waals surface area contributed by atoms with Gasteiger partial charge in [0.2, 0.25) is 0 Å². The van der Waals surface area contributed by atoms with E-state index in [0.717, 1.165) is 29.6 Å². The minimum absolute atomic E-state index is 0.267. The topological polar surface area (TPSA) is 64.5 Å². The lowest BCUT2D eigenvalue weighted by molar-refractivity contribution is 0.300. The SMILES string of the molecule is COc1ccc(F)c(-c2ncc(COc3cccc(CCP(C)O)c3)nc2CC(C)C)c1. The van der Waals surface area contributed by atoms with E-state index in [0.29, 0.717) is 35.0 Å². The molecule has 0 bridgehead atoms. The molecule has 3 rings (SSSR count). The molecule has 1 aromatic heterocycles. The van der Waals surface area contributed by atoms with Crippen molar-refractivity contribution < 1.29 is 18.8 Å². The first kappa shape index (κ1) is 24.1. The number of aromatic nitrogens is 2. The number of aryl methyl sites for hydroxylation is 1. The molecule has 2 aromatic carbocycles. The van der Waals surface area contributed by atoms with Gasteiger partial charge in [-0.2, -0.15) is 0 Å². The molecule has 1 atom stereocenters.